The van der Waals surface area contributed by atoms with Gasteiger partial charge < -0.3 is 9.64 Å². The first-order valence-corrected chi connectivity index (χ1v) is 5.83. The van der Waals surface area contributed by atoms with Crippen molar-refractivity contribution >= 4 is 5.91 Å². The van der Waals surface area contributed by atoms with Crippen molar-refractivity contribution in [2.24, 2.45) is 0 Å². The van der Waals surface area contributed by atoms with Gasteiger partial charge in [-0.15, -0.1) is 0 Å². The monoisotopic (exact) mass is 272 g/mol. The molecule has 0 fully saturated rings. The summed E-state index contributed by atoms with van der Waals surface area (Å²) in [5.74, 6) is -1.92. The van der Waals surface area contributed by atoms with Crippen LogP contribution in [-0.2, 0) is 9.53 Å². The number of hydrogen-bond acceptors (Lipinski definition) is 3. The molecule has 6 heteroatoms. The van der Waals surface area contributed by atoms with Crippen LogP contribution in [-0.4, -0.2) is 45.2 Å². The highest BCUT2D eigenvalue weighted by molar-refractivity contribution is 5.77. The van der Waals surface area contributed by atoms with Gasteiger partial charge in [-0.25, -0.2) is 8.78 Å². The van der Waals surface area contributed by atoms with E-state index in [4.69, 9.17) is 4.74 Å². The van der Waals surface area contributed by atoms with Gasteiger partial charge in [0.15, 0.2) is 11.6 Å². The second-order valence-corrected chi connectivity index (χ2v) is 4.35. The summed E-state index contributed by atoms with van der Waals surface area (Å²) in [5.41, 5.74) is 0.535. The number of nitrogens with one attached hydrogen (secondary N) is 1. The summed E-state index contributed by atoms with van der Waals surface area (Å²) in [5, 5.41) is 2.96. The van der Waals surface area contributed by atoms with Crippen LogP contribution in [0.5, 0.6) is 0 Å². The van der Waals surface area contributed by atoms with E-state index >= 15 is 0 Å². The predicted molar refractivity (Wildman–Crippen MR) is 67.7 cm³/mol. The maximum absolute atomic E-state index is 13.2. The molecule has 1 rings (SSSR count). The molecule has 0 unspecified atom stereocenters. The molecule has 0 spiro atoms. The largest absolute Gasteiger partial charge is 0.383 e. The third-order valence-corrected chi connectivity index (χ3v) is 2.68. The number of benzene rings is 1. The Kier molecular flexibility index (Phi) is 5.85. The highest BCUT2D eigenvalue weighted by Gasteiger charge is 2.15. The molecular formula is C13H18F2N2O2. The highest BCUT2D eigenvalue weighted by atomic mass is 19.2. The Bertz CT molecular complexity index is 439. The Balaban J connectivity index is 2.76. The molecule has 0 bridgehead atoms. The summed E-state index contributed by atoms with van der Waals surface area (Å²) in [6.45, 7) is 0.353. The number of nitrogens with zero attached hydrogens (tertiary/aromatic N) is 1. The second kappa shape index (κ2) is 7.16. The van der Waals surface area contributed by atoms with Gasteiger partial charge in [0, 0.05) is 21.2 Å². The first-order chi connectivity index (χ1) is 8.95. The Morgan fingerprint density at radius 3 is 2.58 bits per heavy atom. The van der Waals surface area contributed by atoms with E-state index in [1.807, 2.05) is 0 Å². The third-order valence-electron chi connectivity index (χ3n) is 2.68. The van der Waals surface area contributed by atoms with Crippen molar-refractivity contribution in [1.82, 2.24) is 10.2 Å². The van der Waals surface area contributed by atoms with Crippen molar-refractivity contribution in [2.75, 3.05) is 34.4 Å². The molecule has 4 nitrogen and oxygen atoms in total. The summed E-state index contributed by atoms with van der Waals surface area (Å²) < 4.78 is 31.1. The molecule has 0 aliphatic rings. The van der Waals surface area contributed by atoms with E-state index in [1.165, 1.54) is 18.1 Å². The van der Waals surface area contributed by atoms with Gasteiger partial charge in [-0.2, -0.15) is 0 Å². The van der Waals surface area contributed by atoms with Crippen molar-refractivity contribution in [1.29, 1.82) is 0 Å². The minimum absolute atomic E-state index is 0.0972. The molecule has 19 heavy (non-hydrogen) atoms. The molecule has 0 aromatic heterocycles. The van der Waals surface area contributed by atoms with Gasteiger partial charge >= 0.3 is 0 Å². The average Bonchev–Trinajstić information content (AvgIpc) is 2.37. The van der Waals surface area contributed by atoms with E-state index in [1.54, 1.807) is 14.1 Å². The lowest BCUT2D eigenvalue weighted by molar-refractivity contribution is -0.127. The molecule has 0 saturated heterocycles. The predicted octanol–water partition coefficient (Wildman–Crippen LogP) is 1.33. The fraction of sp³-hybridized carbons (Fsp3) is 0.462. The van der Waals surface area contributed by atoms with E-state index in [-0.39, 0.29) is 25.1 Å². The number of ether oxygens (including phenoxy) is 1. The Labute approximate surface area is 111 Å². The van der Waals surface area contributed by atoms with Gasteiger partial charge in [0.05, 0.1) is 19.2 Å². The fourth-order valence-electron chi connectivity index (χ4n) is 1.54. The smallest absolute Gasteiger partial charge is 0.236 e. The maximum atomic E-state index is 13.2. The van der Waals surface area contributed by atoms with Crippen LogP contribution in [0.25, 0.3) is 0 Å². The van der Waals surface area contributed by atoms with Gasteiger partial charge in [-0.05, 0) is 17.7 Å². The third kappa shape index (κ3) is 4.57. The van der Waals surface area contributed by atoms with Crippen LogP contribution in [0.2, 0.25) is 0 Å². The summed E-state index contributed by atoms with van der Waals surface area (Å²) in [7, 11) is 4.79. The normalized spacial score (nSPS) is 12.3. The SMILES string of the molecule is COC[C@@H](NCC(=O)N(C)C)c1ccc(F)c(F)c1. The lowest BCUT2D eigenvalue weighted by Crippen LogP contribution is -2.36. The van der Waals surface area contributed by atoms with Crippen molar-refractivity contribution in [3.8, 4) is 0 Å². The highest BCUT2D eigenvalue weighted by Crippen LogP contribution is 2.16. The standard InChI is InChI=1S/C13H18F2N2O2/c1-17(2)13(18)7-16-12(8-19-3)9-4-5-10(14)11(15)6-9/h4-6,12,16H,7-8H2,1-3H3/t12-/m1/s1. The lowest BCUT2D eigenvalue weighted by Gasteiger charge is -2.19. The summed E-state index contributed by atoms with van der Waals surface area (Å²) in [6.07, 6.45) is 0. The number of rotatable bonds is 6. The zero-order valence-corrected chi connectivity index (χ0v) is 11.2. The number of amides is 1. The van der Waals surface area contributed by atoms with E-state index in [0.29, 0.717) is 5.56 Å². The molecule has 0 radical (unpaired) electrons. The molecule has 106 valence electrons. The second-order valence-electron chi connectivity index (χ2n) is 4.35. The summed E-state index contributed by atoms with van der Waals surface area (Å²) in [4.78, 5) is 12.9. The lowest BCUT2D eigenvalue weighted by atomic mass is 10.1. The number of likely N-dealkylation sites (N-methyl/N-ethyl adjacent to an activating group) is 1. The van der Waals surface area contributed by atoms with Gasteiger partial charge in [0.25, 0.3) is 0 Å². The minimum Gasteiger partial charge on any atom is -0.383 e. The quantitative estimate of drug-likeness (QED) is 0.849. The van der Waals surface area contributed by atoms with E-state index in [9.17, 15) is 13.6 Å². The summed E-state index contributed by atoms with van der Waals surface area (Å²) >= 11 is 0. The van der Waals surface area contributed by atoms with Crippen LogP contribution >= 0.6 is 0 Å². The Hall–Kier alpha value is -1.53. The Morgan fingerprint density at radius 2 is 2.05 bits per heavy atom. The average molecular weight is 272 g/mol. The van der Waals surface area contributed by atoms with Gasteiger partial charge in [0.2, 0.25) is 5.91 Å². The number of carbonyl (C=O) groups is 1. The van der Waals surface area contributed by atoms with Crippen LogP contribution in [0.1, 0.15) is 11.6 Å². The Morgan fingerprint density at radius 1 is 1.37 bits per heavy atom. The number of hydrogen-bond donors (Lipinski definition) is 1. The van der Waals surface area contributed by atoms with Crippen LogP contribution in [0.4, 0.5) is 8.78 Å². The van der Waals surface area contributed by atoms with Crippen molar-refractivity contribution in [2.45, 2.75) is 6.04 Å². The van der Waals surface area contributed by atoms with E-state index in [0.717, 1.165) is 12.1 Å². The van der Waals surface area contributed by atoms with Gasteiger partial charge in [-0.3, -0.25) is 10.1 Å². The van der Waals surface area contributed by atoms with Gasteiger partial charge in [-0.1, -0.05) is 6.07 Å². The molecular weight excluding hydrogens is 254 g/mol. The molecule has 0 aliphatic carbocycles. The number of methoxy groups -OCH3 is 1. The van der Waals surface area contributed by atoms with Crippen LogP contribution in [0.15, 0.2) is 18.2 Å². The molecule has 0 aliphatic heterocycles. The van der Waals surface area contributed by atoms with Crippen LogP contribution < -0.4 is 5.32 Å². The molecule has 1 aromatic carbocycles. The summed E-state index contributed by atoms with van der Waals surface area (Å²) in [6, 6.07) is 3.26. The zero-order chi connectivity index (χ0) is 14.4. The first-order valence-electron chi connectivity index (χ1n) is 5.83. The molecule has 1 atom stereocenters. The van der Waals surface area contributed by atoms with Gasteiger partial charge in [0.1, 0.15) is 0 Å². The van der Waals surface area contributed by atoms with Crippen LogP contribution in [0.3, 0.4) is 0 Å². The molecule has 0 saturated carbocycles. The first kappa shape index (κ1) is 15.5. The molecule has 1 aromatic rings. The topological polar surface area (TPSA) is 41.6 Å². The molecule has 0 heterocycles. The minimum atomic E-state index is -0.917. The van der Waals surface area contributed by atoms with E-state index in [2.05, 4.69) is 5.32 Å². The number of halogens is 2. The van der Waals surface area contributed by atoms with Crippen LogP contribution in [0, 0.1) is 11.6 Å². The van der Waals surface area contributed by atoms with Crippen molar-refractivity contribution in [3.05, 3.63) is 35.4 Å². The molecule has 1 N–H and O–H groups in total. The zero-order valence-electron chi connectivity index (χ0n) is 11.2. The molecule has 1 amide bonds. The number of carbonyl (C=O) groups excluding carboxylic acids is 1. The van der Waals surface area contributed by atoms with Crippen molar-refractivity contribution in [3.63, 3.8) is 0 Å². The fourth-order valence-corrected chi connectivity index (χ4v) is 1.54. The maximum Gasteiger partial charge on any atom is 0.236 e. The van der Waals surface area contributed by atoms with E-state index < -0.39 is 11.6 Å². The van der Waals surface area contributed by atoms with Crippen molar-refractivity contribution < 1.29 is 18.3 Å².